The summed E-state index contributed by atoms with van der Waals surface area (Å²) < 4.78 is 0. The van der Waals surface area contributed by atoms with E-state index in [4.69, 9.17) is 11.6 Å². The van der Waals surface area contributed by atoms with Crippen LogP contribution < -0.4 is 10.2 Å². The molecule has 2 nitrogen and oxygen atoms in total. The van der Waals surface area contributed by atoms with Gasteiger partial charge < -0.3 is 10.2 Å². The Labute approximate surface area is 132 Å². The Kier molecular flexibility index (Phi) is 6.09. The van der Waals surface area contributed by atoms with E-state index in [1.165, 1.54) is 16.8 Å². The van der Waals surface area contributed by atoms with E-state index < -0.39 is 0 Å². The van der Waals surface area contributed by atoms with E-state index >= 15 is 0 Å². The molecular formula is C18H23ClN2. The minimum Gasteiger partial charge on any atom is -0.370 e. The topological polar surface area (TPSA) is 15.3 Å². The molecule has 2 aromatic carbocycles. The predicted molar refractivity (Wildman–Crippen MR) is 92.0 cm³/mol. The molecule has 3 heteroatoms. The van der Waals surface area contributed by atoms with Crippen LogP contribution in [0.2, 0.25) is 5.02 Å². The normalized spacial score (nSPS) is 10.6. The Morgan fingerprint density at radius 3 is 2.57 bits per heavy atom. The van der Waals surface area contributed by atoms with Crippen molar-refractivity contribution < 1.29 is 0 Å². The maximum Gasteiger partial charge on any atom is 0.0426 e. The van der Waals surface area contributed by atoms with Crippen LogP contribution in [0, 0.1) is 0 Å². The van der Waals surface area contributed by atoms with Crippen molar-refractivity contribution in [2.45, 2.75) is 26.4 Å². The second-order valence-corrected chi connectivity index (χ2v) is 5.73. The average molecular weight is 303 g/mol. The Hall–Kier alpha value is -1.51. The highest BCUT2D eigenvalue weighted by Crippen LogP contribution is 2.24. The van der Waals surface area contributed by atoms with Gasteiger partial charge in [-0.25, -0.2) is 0 Å². The number of halogens is 1. The van der Waals surface area contributed by atoms with Crippen LogP contribution in [0.25, 0.3) is 0 Å². The fourth-order valence-electron chi connectivity index (χ4n) is 2.41. The van der Waals surface area contributed by atoms with Crippen LogP contribution in [0.5, 0.6) is 0 Å². The molecule has 2 rings (SSSR count). The van der Waals surface area contributed by atoms with Crippen molar-refractivity contribution >= 4 is 17.3 Å². The minimum absolute atomic E-state index is 0.792. The van der Waals surface area contributed by atoms with E-state index in [9.17, 15) is 0 Å². The third-order valence-corrected chi connectivity index (χ3v) is 3.69. The lowest BCUT2D eigenvalue weighted by atomic mass is 10.1. The Bertz CT molecular complexity index is 554. The zero-order chi connectivity index (χ0) is 15.1. The Morgan fingerprint density at radius 1 is 1.10 bits per heavy atom. The number of nitrogens with zero attached hydrogens (tertiary/aromatic N) is 1. The number of rotatable bonds is 7. The number of hydrogen-bond acceptors (Lipinski definition) is 2. The van der Waals surface area contributed by atoms with Gasteiger partial charge in [-0.3, -0.25) is 0 Å². The van der Waals surface area contributed by atoms with Gasteiger partial charge in [0.25, 0.3) is 0 Å². The minimum atomic E-state index is 0.792. The number of hydrogen-bond donors (Lipinski definition) is 1. The Balaban J connectivity index is 2.13. The van der Waals surface area contributed by atoms with Crippen LogP contribution in [0.15, 0.2) is 48.5 Å². The second kappa shape index (κ2) is 8.06. The maximum absolute atomic E-state index is 6.15. The summed E-state index contributed by atoms with van der Waals surface area (Å²) in [4.78, 5) is 2.27. The molecule has 0 aromatic heterocycles. The summed E-state index contributed by atoms with van der Waals surface area (Å²) in [5, 5.41) is 4.24. The molecule has 21 heavy (non-hydrogen) atoms. The van der Waals surface area contributed by atoms with Crippen molar-refractivity contribution in [3.8, 4) is 0 Å². The molecule has 0 saturated heterocycles. The van der Waals surface area contributed by atoms with Gasteiger partial charge in [0.05, 0.1) is 0 Å². The number of anilines is 1. The molecule has 0 bridgehead atoms. The SMILES string of the molecule is CCCNCc1cc(Cl)ccc1N(C)Cc1ccccc1. The quantitative estimate of drug-likeness (QED) is 0.759. The van der Waals surface area contributed by atoms with Crippen LogP contribution in [-0.4, -0.2) is 13.6 Å². The molecule has 0 fully saturated rings. The van der Waals surface area contributed by atoms with Gasteiger partial charge in [-0.2, -0.15) is 0 Å². The molecule has 0 amide bonds. The van der Waals surface area contributed by atoms with Gasteiger partial charge in [-0.1, -0.05) is 48.9 Å². The first-order valence-corrected chi connectivity index (χ1v) is 7.82. The van der Waals surface area contributed by atoms with Gasteiger partial charge in [0.15, 0.2) is 0 Å². The monoisotopic (exact) mass is 302 g/mol. The van der Waals surface area contributed by atoms with Crippen LogP contribution in [0.1, 0.15) is 24.5 Å². The second-order valence-electron chi connectivity index (χ2n) is 5.29. The zero-order valence-electron chi connectivity index (χ0n) is 12.8. The summed E-state index contributed by atoms with van der Waals surface area (Å²) in [6.45, 7) is 4.94. The lowest BCUT2D eigenvalue weighted by Gasteiger charge is -2.23. The van der Waals surface area contributed by atoms with Gasteiger partial charge in [-0.05, 0) is 42.3 Å². The molecule has 112 valence electrons. The highest BCUT2D eigenvalue weighted by molar-refractivity contribution is 6.30. The van der Waals surface area contributed by atoms with E-state index in [1.807, 2.05) is 12.1 Å². The first-order valence-electron chi connectivity index (χ1n) is 7.45. The zero-order valence-corrected chi connectivity index (χ0v) is 13.5. The third kappa shape index (κ3) is 4.76. The molecular weight excluding hydrogens is 280 g/mol. The molecule has 2 aromatic rings. The molecule has 0 atom stereocenters. The van der Waals surface area contributed by atoms with Gasteiger partial charge in [0.2, 0.25) is 0 Å². The Morgan fingerprint density at radius 2 is 1.86 bits per heavy atom. The van der Waals surface area contributed by atoms with E-state index in [-0.39, 0.29) is 0 Å². The van der Waals surface area contributed by atoms with Crippen molar-refractivity contribution in [2.24, 2.45) is 0 Å². The highest BCUT2D eigenvalue weighted by atomic mass is 35.5. The summed E-state index contributed by atoms with van der Waals surface area (Å²) in [5.41, 5.74) is 3.78. The van der Waals surface area contributed by atoms with E-state index in [1.54, 1.807) is 0 Å². The van der Waals surface area contributed by atoms with E-state index in [2.05, 4.69) is 60.6 Å². The van der Waals surface area contributed by atoms with Crippen molar-refractivity contribution in [3.05, 3.63) is 64.7 Å². The van der Waals surface area contributed by atoms with Gasteiger partial charge >= 0.3 is 0 Å². The molecule has 0 saturated carbocycles. The highest BCUT2D eigenvalue weighted by Gasteiger charge is 2.08. The van der Waals surface area contributed by atoms with Crippen LogP contribution in [0.3, 0.4) is 0 Å². The predicted octanol–water partition coefficient (Wildman–Crippen LogP) is 4.48. The summed E-state index contributed by atoms with van der Waals surface area (Å²) >= 11 is 6.15. The van der Waals surface area contributed by atoms with E-state index in [0.717, 1.165) is 31.1 Å². The largest absolute Gasteiger partial charge is 0.370 e. The van der Waals surface area contributed by atoms with Crippen LogP contribution in [0.4, 0.5) is 5.69 Å². The molecule has 0 radical (unpaired) electrons. The summed E-state index contributed by atoms with van der Waals surface area (Å²) in [6, 6.07) is 16.6. The van der Waals surface area contributed by atoms with Crippen molar-refractivity contribution in [2.75, 3.05) is 18.5 Å². The fraction of sp³-hybridized carbons (Fsp3) is 0.333. The molecule has 0 aliphatic heterocycles. The maximum atomic E-state index is 6.15. The average Bonchev–Trinajstić information content (AvgIpc) is 2.48. The molecule has 1 N–H and O–H groups in total. The summed E-state index contributed by atoms with van der Waals surface area (Å²) in [6.07, 6.45) is 1.13. The third-order valence-electron chi connectivity index (χ3n) is 3.46. The van der Waals surface area contributed by atoms with E-state index in [0.29, 0.717) is 0 Å². The lowest BCUT2D eigenvalue weighted by Crippen LogP contribution is -2.21. The lowest BCUT2D eigenvalue weighted by molar-refractivity contribution is 0.674. The molecule has 0 heterocycles. The first kappa shape index (κ1) is 15.9. The molecule has 0 aliphatic carbocycles. The van der Waals surface area contributed by atoms with Crippen LogP contribution >= 0.6 is 11.6 Å². The van der Waals surface area contributed by atoms with Crippen molar-refractivity contribution in [1.29, 1.82) is 0 Å². The smallest absolute Gasteiger partial charge is 0.0426 e. The first-order chi connectivity index (χ1) is 10.2. The summed E-state index contributed by atoms with van der Waals surface area (Å²) in [5.74, 6) is 0. The number of nitrogens with one attached hydrogen (secondary N) is 1. The van der Waals surface area contributed by atoms with Crippen LogP contribution in [-0.2, 0) is 13.1 Å². The van der Waals surface area contributed by atoms with Crippen molar-refractivity contribution in [1.82, 2.24) is 5.32 Å². The molecule has 0 aliphatic rings. The van der Waals surface area contributed by atoms with Gasteiger partial charge in [-0.15, -0.1) is 0 Å². The number of benzene rings is 2. The fourth-order valence-corrected chi connectivity index (χ4v) is 2.61. The van der Waals surface area contributed by atoms with Gasteiger partial charge in [0.1, 0.15) is 0 Å². The van der Waals surface area contributed by atoms with Crippen molar-refractivity contribution in [3.63, 3.8) is 0 Å². The van der Waals surface area contributed by atoms with Gasteiger partial charge in [0, 0.05) is 30.8 Å². The summed E-state index contributed by atoms with van der Waals surface area (Å²) in [7, 11) is 2.12. The molecule has 0 spiro atoms. The standard InChI is InChI=1S/C18H23ClN2/c1-3-11-20-13-16-12-17(19)9-10-18(16)21(2)14-15-7-5-4-6-8-15/h4-10,12,20H,3,11,13-14H2,1-2H3. The molecule has 0 unspecified atom stereocenters.